The van der Waals surface area contributed by atoms with E-state index in [-0.39, 0.29) is 12.5 Å². The number of carbonyl (C=O) groups excluding carboxylic acids is 2. The standard InChI is InChI=1S/C22H18BrN3O4/c1-29-18-10-13(9-16(23)21(18)30-2)11-24-25-19(27)12-26-17-8-4-6-14-5-3-7-15(20(14)17)22(26)28/h3-11H,12H2,1-2H3,(H,25,27)/b24-11-. The molecule has 0 unspecified atom stereocenters. The van der Waals surface area contributed by atoms with E-state index in [9.17, 15) is 9.59 Å². The van der Waals surface area contributed by atoms with E-state index in [1.165, 1.54) is 11.1 Å². The number of ether oxygens (including phenoxy) is 2. The first-order chi connectivity index (χ1) is 14.5. The fourth-order valence-electron chi connectivity index (χ4n) is 3.51. The van der Waals surface area contributed by atoms with Gasteiger partial charge >= 0.3 is 0 Å². The molecule has 0 fully saturated rings. The maximum atomic E-state index is 12.8. The average molecular weight is 468 g/mol. The Morgan fingerprint density at radius 1 is 1.17 bits per heavy atom. The first kappa shape index (κ1) is 19.9. The van der Waals surface area contributed by atoms with Crippen molar-refractivity contribution in [3.8, 4) is 11.5 Å². The van der Waals surface area contributed by atoms with Crippen LogP contribution in [0.15, 0.2) is 58.1 Å². The maximum absolute atomic E-state index is 12.8. The van der Waals surface area contributed by atoms with Gasteiger partial charge in [-0.3, -0.25) is 14.5 Å². The average Bonchev–Trinajstić information content (AvgIpc) is 3.01. The zero-order valence-corrected chi connectivity index (χ0v) is 17.9. The molecule has 0 saturated carbocycles. The van der Waals surface area contributed by atoms with Gasteiger partial charge in [0.25, 0.3) is 11.8 Å². The van der Waals surface area contributed by atoms with Crippen molar-refractivity contribution < 1.29 is 19.1 Å². The Kier molecular flexibility index (Phi) is 5.41. The lowest BCUT2D eigenvalue weighted by Crippen LogP contribution is -2.37. The van der Waals surface area contributed by atoms with Gasteiger partial charge in [0.2, 0.25) is 0 Å². The molecule has 2 amide bonds. The van der Waals surface area contributed by atoms with E-state index < -0.39 is 5.91 Å². The molecule has 3 aromatic carbocycles. The number of halogens is 1. The van der Waals surface area contributed by atoms with E-state index in [0.717, 1.165) is 16.5 Å². The van der Waals surface area contributed by atoms with E-state index in [1.807, 2.05) is 30.3 Å². The van der Waals surface area contributed by atoms with Crippen LogP contribution in [0.4, 0.5) is 5.69 Å². The summed E-state index contributed by atoms with van der Waals surface area (Å²) in [6, 6.07) is 14.8. The highest BCUT2D eigenvalue weighted by Gasteiger charge is 2.30. The van der Waals surface area contributed by atoms with Gasteiger partial charge in [-0.2, -0.15) is 5.10 Å². The minimum absolute atomic E-state index is 0.125. The van der Waals surface area contributed by atoms with E-state index >= 15 is 0 Å². The Morgan fingerprint density at radius 3 is 2.67 bits per heavy atom. The van der Waals surface area contributed by atoms with Crippen molar-refractivity contribution in [1.82, 2.24) is 5.43 Å². The minimum atomic E-state index is -0.399. The molecule has 0 bridgehead atoms. The number of rotatable bonds is 6. The van der Waals surface area contributed by atoms with Crippen molar-refractivity contribution in [2.75, 3.05) is 25.7 Å². The molecule has 0 radical (unpaired) electrons. The molecule has 1 N–H and O–H groups in total. The molecule has 4 rings (SSSR count). The van der Waals surface area contributed by atoms with Crippen molar-refractivity contribution in [3.05, 3.63) is 64.1 Å². The summed E-state index contributed by atoms with van der Waals surface area (Å²) >= 11 is 3.41. The Balaban J connectivity index is 1.47. The van der Waals surface area contributed by atoms with Gasteiger partial charge in [-0.15, -0.1) is 0 Å². The molecular weight excluding hydrogens is 450 g/mol. The lowest BCUT2D eigenvalue weighted by Gasteiger charge is -2.16. The van der Waals surface area contributed by atoms with E-state index in [1.54, 1.807) is 32.4 Å². The zero-order chi connectivity index (χ0) is 21.3. The second kappa shape index (κ2) is 8.16. The number of benzene rings is 3. The molecule has 30 heavy (non-hydrogen) atoms. The fourth-order valence-corrected chi connectivity index (χ4v) is 4.13. The summed E-state index contributed by atoms with van der Waals surface area (Å²) in [5.74, 6) is 0.516. The number of carbonyl (C=O) groups is 2. The third-order valence-corrected chi connectivity index (χ3v) is 5.40. The van der Waals surface area contributed by atoms with E-state index in [4.69, 9.17) is 9.47 Å². The Morgan fingerprint density at radius 2 is 1.93 bits per heavy atom. The molecule has 152 valence electrons. The quantitative estimate of drug-likeness (QED) is 0.442. The molecule has 0 spiro atoms. The van der Waals surface area contributed by atoms with Crippen molar-refractivity contribution in [2.24, 2.45) is 5.10 Å². The number of methoxy groups -OCH3 is 2. The van der Waals surface area contributed by atoms with Crippen LogP contribution in [-0.4, -0.2) is 38.8 Å². The molecule has 3 aromatic rings. The molecule has 0 aliphatic carbocycles. The number of hydrogen-bond donors (Lipinski definition) is 1. The third-order valence-electron chi connectivity index (χ3n) is 4.81. The predicted molar refractivity (Wildman–Crippen MR) is 119 cm³/mol. The highest BCUT2D eigenvalue weighted by molar-refractivity contribution is 9.10. The van der Waals surface area contributed by atoms with Gasteiger partial charge in [-0.05, 0) is 51.1 Å². The summed E-state index contributed by atoms with van der Waals surface area (Å²) in [4.78, 5) is 26.6. The summed E-state index contributed by atoms with van der Waals surface area (Å²) in [7, 11) is 3.09. The second-order valence-corrected chi connectivity index (χ2v) is 7.46. The number of nitrogens with zero attached hydrogens (tertiary/aromatic N) is 2. The number of hydrazone groups is 1. The van der Waals surface area contributed by atoms with Crippen LogP contribution in [-0.2, 0) is 4.79 Å². The van der Waals surface area contributed by atoms with Gasteiger partial charge in [0, 0.05) is 10.9 Å². The highest BCUT2D eigenvalue weighted by atomic mass is 79.9. The summed E-state index contributed by atoms with van der Waals surface area (Å²) in [6.07, 6.45) is 1.49. The Bertz CT molecular complexity index is 1190. The van der Waals surface area contributed by atoms with Gasteiger partial charge in [0.1, 0.15) is 6.54 Å². The topological polar surface area (TPSA) is 80.2 Å². The first-order valence-electron chi connectivity index (χ1n) is 9.10. The fraction of sp³-hybridized carbons (Fsp3) is 0.136. The molecule has 1 heterocycles. The van der Waals surface area contributed by atoms with Crippen LogP contribution < -0.4 is 19.8 Å². The molecular formula is C22H18BrN3O4. The van der Waals surface area contributed by atoms with Gasteiger partial charge in [-0.25, -0.2) is 5.43 Å². The first-order valence-corrected chi connectivity index (χ1v) is 9.90. The minimum Gasteiger partial charge on any atom is -0.493 e. The molecule has 0 saturated heterocycles. The third kappa shape index (κ3) is 3.50. The number of anilines is 1. The van der Waals surface area contributed by atoms with Crippen molar-refractivity contribution >= 4 is 50.4 Å². The van der Waals surface area contributed by atoms with E-state index in [2.05, 4.69) is 26.5 Å². The SMILES string of the molecule is COc1cc(/C=N\NC(=O)CN2C(=O)c3cccc4cccc2c34)cc(Br)c1OC. The van der Waals surface area contributed by atoms with Crippen LogP contribution >= 0.6 is 15.9 Å². The normalized spacial score (nSPS) is 12.6. The lowest BCUT2D eigenvalue weighted by atomic mass is 10.1. The molecule has 8 heteroatoms. The van der Waals surface area contributed by atoms with Crippen LogP contribution in [0.5, 0.6) is 11.5 Å². The van der Waals surface area contributed by atoms with Crippen LogP contribution in [0.25, 0.3) is 10.8 Å². The van der Waals surface area contributed by atoms with Crippen LogP contribution in [0.1, 0.15) is 15.9 Å². The van der Waals surface area contributed by atoms with E-state index in [0.29, 0.717) is 27.1 Å². The lowest BCUT2D eigenvalue weighted by molar-refractivity contribution is -0.119. The number of hydrogen-bond acceptors (Lipinski definition) is 5. The second-order valence-electron chi connectivity index (χ2n) is 6.60. The van der Waals surface area contributed by atoms with Gasteiger partial charge < -0.3 is 9.47 Å². The molecule has 0 atom stereocenters. The summed E-state index contributed by atoms with van der Waals surface area (Å²) in [5.41, 5.74) is 4.51. The summed E-state index contributed by atoms with van der Waals surface area (Å²) in [6.45, 7) is -0.125. The van der Waals surface area contributed by atoms with Gasteiger partial charge in [0.15, 0.2) is 11.5 Å². The largest absolute Gasteiger partial charge is 0.493 e. The molecule has 1 aliphatic heterocycles. The Labute approximate surface area is 181 Å². The highest BCUT2D eigenvalue weighted by Crippen LogP contribution is 2.37. The summed E-state index contributed by atoms with van der Waals surface area (Å²) in [5, 5.41) is 5.84. The number of amides is 2. The molecule has 7 nitrogen and oxygen atoms in total. The molecule has 1 aliphatic rings. The maximum Gasteiger partial charge on any atom is 0.260 e. The molecule has 0 aromatic heterocycles. The Hall–Kier alpha value is -3.39. The van der Waals surface area contributed by atoms with Crippen molar-refractivity contribution in [2.45, 2.75) is 0 Å². The zero-order valence-electron chi connectivity index (χ0n) is 16.3. The van der Waals surface area contributed by atoms with Crippen LogP contribution in [0, 0.1) is 0 Å². The number of nitrogens with one attached hydrogen (secondary N) is 1. The van der Waals surface area contributed by atoms with Crippen molar-refractivity contribution in [1.29, 1.82) is 0 Å². The monoisotopic (exact) mass is 467 g/mol. The van der Waals surface area contributed by atoms with Gasteiger partial charge in [-0.1, -0.05) is 24.3 Å². The van der Waals surface area contributed by atoms with Crippen LogP contribution in [0.2, 0.25) is 0 Å². The summed E-state index contributed by atoms with van der Waals surface area (Å²) < 4.78 is 11.3. The van der Waals surface area contributed by atoms with Crippen molar-refractivity contribution in [3.63, 3.8) is 0 Å². The smallest absolute Gasteiger partial charge is 0.260 e. The van der Waals surface area contributed by atoms with Crippen LogP contribution in [0.3, 0.4) is 0 Å². The predicted octanol–water partition coefficient (Wildman–Crippen LogP) is 3.73. The van der Waals surface area contributed by atoms with Gasteiger partial charge in [0.05, 0.1) is 30.6 Å².